The summed E-state index contributed by atoms with van der Waals surface area (Å²) in [7, 11) is 1.60. The van der Waals surface area contributed by atoms with Gasteiger partial charge < -0.3 is 20.7 Å². The first kappa shape index (κ1) is 22.0. The Kier molecular flexibility index (Phi) is 8.89. The minimum absolute atomic E-state index is 0. The molecule has 2 bridgehead atoms. The van der Waals surface area contributed by atoms with E-state index in [2.05, 4.69) is 16.0 Å². The zero-order chi connectivity index (χ0) is 18.4. The molecule has 6 nitrogen and oxygen atoms in total. The summed E-state index contributed by atoms with van der Waals surface area (Å²) in [5, 5.41) is 9.58. The van der Waals surface area contributed by atoms with Gasteiger partial charge in [-0.05, 0) is 37.8 Å². The maximum absolute atomic E-state index is 12.8. The number of nitrogens with one attached hydrogen (secondary N) is 3. The molecule has 8 heteroatoms. The molecule has 0 radical (unpaired) electrons. The molecular formula is C19H28ClN3O3S. The number of ether oxygens (including phenoxy) is 1. The smallest absolute Gasteiger partial charge is 0.252 e. The van der Waals surface area contributed by atoms with Gasteiger partial charge in [-0.25, -0.2) is 0 Å². The van der Waals surface area contributed by atoms with Crippen molar-refractivity contribution in [2.45, 2.75) is 48.7 Å². The van der Waals surface area contributed by atoms with Crippen LogP contribution in [0.15, 0.2) is 29.2 Å². The van der Waals surface area contributed by atoms with E-state index in [1.54, 1.807) is 7.11 Å². The predicted molar refractivity (Wildman–Crippen MR) is 110 cm³/mol. The zero-order valence-electron chi connectivity index (χ0n) is 15.5. The van der Waals surface area contributed by atoms with Gasteiger partial charge in [-0.15, -0.1) is 24.2 Å². The van der Waals surface area contributed by atoms with E-state index in [4.69, 9.17) is 4.74 Å². The molecule has 2 aliphatic rings. The number of hydrogen-bond acceptors (Lipinski definition) is 5. The second-order valence-corrected chi connectivity index (χ2v) is 7.92. The van der Waals surface area contributed by atoms with Gasteiger partial charge in [0.2, 0.25) is 5.91 Å². The Morgan fingerprint density at radius 2 is 1.93 bits per heavy atom. The number of fused-ring (bicyclic) bond motifs is 2. The Hall–Kier alpha value is -1.28. The number of methoxy groups -OCH3 is 1. The van der Waals surface area contributed by atoms with E-state index in [0.717, 1.165) is 17.7 Å². The summed E-state index contributed by atoms with van der Waals surface area (Å²) in [5.41, 5.74) is 0.646. The first-order valence-electron chi connectivity index (χ1n) is 9.20. The highest BCUT2D eigenvalue weighted by atomic mass is 35.5. The summed E-state index contributed by atoms with van der Waals surface area (Å²) in [6, 6.07) is 8.80. The van der Waals surface area contributed by atoms with E-state index >= 15 is 0 Å². The summed E-state index contributed by atoms with van der Waals surface area (Å²) in [6.45, 7) is 0.990. The Morgan fingerprint density at radius 3 is 2.63 bits per heavy atom. The first-order valence-corrected chi connectivity index (χ1v) is 10.2. The van der Waals surface area contributed by atoms with Crippen LogP contribution in [0, 0.1) is 0 Å². The van der Waals surface area contributed by atoms with Gasteiger partial charge in [0.1, 0.15) is 0 Å². The topological polar surface area (TPSA) is 79.5 Å². The Morgan fingerprint density at radius 1 is 1.22 bits per heavy atom. The van der Waals surface area contributed by atoms with Gasteiger partial charge in [0.25, 0.3) is 5.91 Å². The highest BCUT2D eigenvalue weighted by Gasteiger charge is 2.34. The molecule has 2 fully saturated rings. The minimum atomic E-state index is -0.0582. The molecule has 2 atom stereocenters. The van der Waals surface area contributed by atoms with Gasteiger partial charge >= 0.3 is 0 Å². The average Bonchev–Trinajstić information content (AvgIpc) is 2.98. The molecule has 0 saturated carbocycles. The Labute approximate surface area is 171 Å². The van der Waals surface area contributed by atoms with Crippen LogP contribution in [-0.4, -0.2) is 56.0 Å². The molecule has 2 heterocycles. The van der Waals surface area contributed by atoms with Crippen LogP contribution in [0.5, 0.6) is 0 Å². The van der Waals surface area contributed by atoms with E-state index < -0.39 is 0 Å². The van der Waals surface area contributed by atoms with E-state index in [9.17, 15) is 9.59 Å². The molecule has 0 aliphatic carbocycles. The maximum atomic E-state index is 12.8. The van der Waals surface area contributed by atoms with Crippen LogP contribution < -0.4 is 16.0 Å². The number of halogens is 1. The second-order valence-electron chi connectivity index (χ2n) is 6.91. The van der Waals surface area contributed by atoms with Crippen LogP contribution in [0.3, 0.4) is 0 Å². The highest BCUT2D eigenvalue weighted by Crippen LogP contribution is 2.28. The van der Waals surface area contributed by atoms with E-state index in [1.807, 2.05) is 24.3 Å². The van der Waals surface area contributed by atoms with Gasteiger partial charge in [-0.3, -0.25) is 9.59 Å². The molecule has 0 spiro atoms. The third-order valence-corrected chi connectivity index (χ3v) is 6.00. The minimum Gasteiger partial charge on any atom is -0.383 e. The molecule has 1 aromatic carbocycles. The van der Waals surface area contributed by atoms with Gasteiger partial charge in [0.05, 0.1) is 17.9 Å². The SMILES string of the molecule is COCCNC(=O)CSc1ccccc1C(=O)NC1CC2CCC(C1)N2.Cl. The van der Waals surface area contributed by atoms with E-state index in [1.165, 1.54) is 24.6 Å². The van der Waals surface area contributed by atoms with Crippen molar-refractivity contribution in [2.24, 2.45) is 0 Å². The molecule has 2 aliphatic heterocycles. The first-order chi connectivity index (χ1) is 12.7. The van der Waals surface area contributed by atoms with Gasteiger partial charge in [-0.2, -0.15) is 0 Å². The molecule has 3 rings (SSSR count). The molecule has 2 saturated heterocycles. The highest BCUT2D eigenvalue weighted by molar-refractivity contribution is 8.00. The third-order valence-electron chi connectivity index (χ3n) is 4.93. The average molecular weight is 414 g/mol. The monoisotopic (exact) mass is 413 g/mol. The van der Waals surface area contributed by atoms with Crippen molar-refractivity contribution in [1.82, 2.24) is 16.0 Å². The van der Waals surface area contributed by atoms with Crippen LogP contribution >= 0.6 is 24.2 Å². The molecule has 2 amide bonds. The van der Waals surface area contributed by atoms with Crippen LogP contribution in [-0.2, 0) is 9.53 Å². The molecule has 1 aromatic rings. The number of thioether (sulfide) groups is 1. The van der Waals surface area contributed by atoms with E-state index in [-0.39, 0.29) is 36.0 Å². The lowest BCUT2D eigenvalue weighted by molar-refractivity contribution is -0.118. The number of hydrogen-bond donors (Lipinski definition) is 3. The van der Waals surface area contributed by atoms with Crippen molar-refractivity contribution in [3.8, 4) is 0 Å². The second kappa shape index (κ2) is 10.9. The summed E-state index contributed by atoms with van der Waals surface area (Å²) >= 11 is 1.39. The summed E-state index contributed by atoms with van der Waals surface area (Å²) in [5.74, 6) is 0.183. The van der Waals surface area contributed by atoms with Gasteiger partial charge in [0, 0.05) is 36.7 Å². The summed E-state index contributed by atoms with van der Waals surface area (Å²) < 4.78 is 4.92. The Balaban J connectivity index is 0.00000261. The Bertz CT molecular complexity index is 634. The lowest BCUT2D eigenvalue weighted by Gasteiger charge is -2.29. The fourth-order valence-electron chi connectivity index (χ4n) is 3.71. The molecule has 3 N–H and O–H groups in total. The summed E-state index contributed by atoms with van der Waals surface area (Å²) in [4.78, 5) is 25.5. The van der Waals surface area contributed by atoms with Crippen molar-refractivity contribution in [1.29, 1.82) is 0 Å². The van der Waals surface area contributed by atoms with Crippen molar-refractivity contribution < 1.29 is 14.3 Å². The largest absolute Gasteiger partial charge is 0.383 e. The standard InChI is InChI=1S/C19H27N3O3S.ClH/c1-25-9-8-20-18(23)12-26-17-5-3-2-4-16(17)19(24)22-15-10-13-6-7-14(11-15)21-13;/h2-5,13-15,21H,6-12H2,1H3,(H,20,23)(H,22,24);1H. The lowest BCUT2D eigenvalue weighted by atomic mass is 9.99. The number of carbonyl (C=O) groups is 2. The predicted octanol–water partition coefficient (Wildman–Crippen LogP) is 1.98. The van der Waals surface area contributed by atoms with Crippen LogP contribution in [0.2, 0.25) is 0 Å². The number of carbonyl (C=O) groups excluding carboxylic acids is 2. The summed E-state index contributed by atoms with van der Waals surface area (Å²) in [6.07, 6.45) is 4.42. The number of amides is 2. The van der Waals surface area contributed by atoms with Crippen LogP contribution in [0.4, 0.5) is 0 Å². The lowest BCUT2D eigenvalue weighted by Crippen LogP contribution is -2.48. The van der Waals surface area contributed by atoms with Gasteiger partial charge in [0.15, 0.2) is 0 Å². The number of benzene rings is 1. The normalized spacial score (nSPS) is 23.4. The molecule has 150 valence electrons. The molecule has 27 heavy (non-hydrogen) atoms. The van der Waals surface area contributed by atoms with Crippen molar-refractivity contribution in [3.63, 3.8) is 0 Å². The van der Waals surface area contributed by atoms with Crippen molar-refractivity contribution >= 4 is 36.0 Å². The van der Waals surface area contributed by atoms with Crippen molar-refractivity contribution in [2.75, 3.05) is 26.0 Å². The fraction of sp³-hybridized carbons (Fsp3) is 0.579. The van der Waals surface area contributed by atoms with Gasteiger partial charge in [-0.1, -0.05) is 12.1 Å². The van der Waals surface area contributed by atoms with Crippen molar-refractivity contribution in [3.05, 3.63) is 29.8 Å². The fourth-order valence-corrected chi connectivity index (χ4v) is 4.58. The molecule has 0 aromatic heterocycles. The quantitative estimate of drug-likeness (QED) is 0.448. The maximum Gasteiger partial charge on any atom is 0.252 e. The van der Waals surface area contributed by atoms with E-state index in [0.29, 0.717) is 30.8 Å². The number of rotatable bonds is 8. The third kappa shape index (κ3) is 6.38. The molecule has 2 unspecified atom stereocenters. The molecular weight excluding hydrogens is 386 g/mol. The van der Waals surface area contributed by atoms with Crippen LogP contribution in [0.1, 0.15) is 36.0 Å². The number of piperidine rings is 1. The zero-order valence-corrected chi connectivity index (χ0v) is 17.2. The van der Waals surface area contributed by atoms with Crippen LogP contribution in [0.25, 0.3) is 0 Å².